The summed E-state index contributed by atoms with van der Waals surface area (Å²) in [6, 6.07) is 11.3. The maximum Gasteiger partial charge on any atom is 0.338 e. The molecule has 2 N–H and O–H groups in total. The molecule has 2 aromatic rings. The van der Waals surface area contributed by atoms with Gasteiger partial charge in [0.05, 0.1) is 21.7 Å². The zero-order chi connectivity index (χ0) is 20.7. The second-order valence-electron chi connectivity index (χ2n) is 6.15. The van der Waals surface area contributed by atoms with Crippen LogP contribution in [-0.2, 0) is 20.9 Å². The van der Waals surface area contributed by atoms with Crippen molar-refractivity contribution in [2.45, 2.75) is 26.4 Å². The highest BCUT2D eigenvalue weighted by Gasteiger charge is 2.14. The summed E-state index contributed by atoms with van der Waals surface area (Å²) in [5, 5.41) is 6.22. The Morgan fingerprint density at radius 3 is 2.32 bits per heavy atom. The number of nitrogens with one attached hydrogen (secondary N) is 2. The molecule has 0 aliphatic heterocycles. The number of esters is 1. The lowest BCUT2D eigenvalue weighted by atomic mass is 10.1. The average Bonchev–Trinajstić information content (AvgIpc) is 2.66. The summed E-state index contributed by atoms with van der Waals surface area (Å²) < 4.78 is 5.04. The molecule has 0 aliphatic carbocycles. The molecule has 0 heterocycles. The number of amides is 2. The van der Waals surface area contributed by atoms with Gasteiger partial charge < -0.3 is 15.4 Å². The Labute approximate surface area is 173 Å². The molecule has 148 valence electrons. The zero-order valence-electron chi connectivity index (χ0n) is 15.4. The Morgan fingerprint density at radius 1 is 1.04 bits per heavy atom. The van der Waals surface area contributed by atoms with Crippen LogP contribution < -0.4 is 10.6 Å². The topological polar surface area (TPSA) is 84.5 Å². The van der Waals surface area contributed by atoms with Gasteiger partial charge in [0.2, 0.25) is 5.91 Å². The van der Waals surface area contributed by atoms with Crippen LogP contribution >= 0.6 is 23.2 Å². The van der Waals surface area contributed by atoms with E-state index in [9.17, 15) is 14.4 Å². The third-order valence-corrected chi connectivity index (χ3v) is 4.63. The van der Waals surface area contributed by atoms with E-state index in [0.717, 1.165) is 11.1 Å². The van der Waals surface area contributed by atoms with Gasteiger partial charge in [0, 0.05) is 13.5 Å². The lowest BCUT2D eigenvalue weighted by Gasteiger charge is -2.15. The van der Waals surface area contributed by atoms with E-state index < -0.39 is 18.5 Å². The number of carbonyl (C=O) groups excluding carboxylic acids is 3. The van der Waals surface area contributed by atoms with Crippen LogP contribution in [0, 0.1) is 0 Å². The zero-order valence-corrected chi connectivity index (χ0v) is 16.9. The maximum atomic E-state index is 12.1. The minimum atomic E-state index is -0.608. The third-order valence-electron chi connectivity index (χ3n) is 3.89. The summed E-state index contributed by atoms with van der Waals surface area (Å²) in [7, 11) is 0. The van der Waals surface area contributed by atoms with Crippen molar-refractivity contribution in [2.24, 2.45) is 0 Å². The van der Waals surface area contributed by atoms with Crippen LogP contribution in [0.4, 0.5) is 0 Å². The number of rotatable bonds is 7. The summed E-state index contributed by atoms with van der Waals surface area (Å²) in [4.78, 5) is 35.0. The van der Waals surface area contributed by atoms with Gasteiger partial charge in [-0.3, -0.25) is 9.59 Å². The molecule has 6 nitrogen and oxygen atoms in total. The lowest BCUT2D eigenvalue weighted by molar-refractivity contribution is -0.125. The van der Waals surface area contributed by atoms with Gasteiger partial charge in [-0.15, -0.1) is 0 Å². The highest BCUT2D eigenvalue weighted by atomic mass is 35.5. The highest BCUT2D eigenvalue weighted by molar-refractivity contribution is 6.42. The van der Waals surface area contributed by atoms with Gasteiger partial charge in [-0.1, -0.05) is 41.4 Å². The molecule has 0 bridgehead atoms. The molecule has 8 heteroatoms. The van der Waals surface area contributed by atoms with Crippen molar-refractivity contribution in [2.75, 3.05) is 6.61 Å². The van der Waals surface area contributed by atoms with Crippen molar-refractivity contribution >= 4 is 41.0 Å². The van der Waals surface area contributed by atoms with Crippen molar-refractivity contribution in [3.63, 3.8) is 0 Å². The fraction of sp³-hybridized carbons (Fsp3) is 0.250. The second kappa shape index (κ2) is 10.1. The molecule has 0 fully saturated rings. The largest absolute Gasteiger partial charge is 0.452 e. The van der Waals surface area contributed by atoms with Crippen molar-refractivity contribution in [1.82, 2.24) is 10.6 Å². The molecular formula is C20H20Cl2N2O4. The molecule has 2 amide bonds. The number of hydrogen-bond donors (Lipinski definition) is 2. The molecule has 1 atom stereocenters. The summed E-state index contributed by atoms with van der Waals surface area (Å²) in [6.45, 7) is 3.18. The Bertz CT molecular complexity index is 869. The molecule has 0 aromatic heterocycles. The molecule has 0 radical (unpaired) electrons. The van der Waals surface area contributed by atoms with E-state index >= 15 is 0 Å². The molecule has 28 heavy (non-hydrogen) atoms. The highest BCUT2D eigenvalue weighted by Crippen LogP contribution is 2.25. The van der Waals surface area contributed by atoms with Crippen LogP contribution in [-0.4, -0.2) is 24.4 Å². The third kappa shape index (κ3) is 6.55. The van der Waals surface area contributed by atoms with Crippen LogP contribution in [0.25, 0.3) is 0 Å². The normalized spacial score (nSPS) is 11.4. The SMILES string of the molecule is CC(=O)NCc1ccc(C(=O)OCC(=O)NC(C)c2ccc(Cl)c(Cl)c2)cc1. The summed E-state index contributed by atoms with van der Waals surface area (Å²) >= 11 is 11.9. The first-order valence-corrected chi connectivity index (χ1v) is 9.26. The Morgan fingerprint density at radius 2 is 1.71 bits per heavy atom. The first-order valence-electron chi connectivity index (χ1n) is 8.51. The van der Waals surface area contributed by atoms with E-state index in [2.05, 4.69) is 10.6 Å². The quantitative estimate of drug-likeness (QED) is 0.666. The van der Waals surface area contributed by atoms with Crippen LogP contribution in [0.3, 0.4) is 0 Å². The molecule has 2 rings (SSSR count). The van der Waals surface area contributed by atoms with E-state index in [1.165, 1.54) is 6.92 Å². The van der Waals surface area contributed by atoms with Crippen molar-refractivity contribution in [1.29, 1.82) is 0 Å². The molecule has 0 saturated heterocycles. The number of halogens is 2. The first kappa shape index (κ1) is 21.7. The number of carbonyl (C=O) groups is 3. The minimum absolute atomic E-state index is 0.135. The predicted octanol–water partition coefficient (Wildman–Crippen LogP) is 3.66. The number of ether oxygens (including phenoxy) is 1. The predicted molar refractivity (Wildman–Crippen MR) is 107 cm³/mol. The summed E-state index contributed by atoms with van der Waals surface area (Å²) in [5.41, 5.74) is 1.95. The average molecular weight is 423 g/mol. The second-order valence-corrected chi connectivity index (χ2v) is 6.96. The Balaban J connectivity index is 1.83. The fourth-order valence-corrected chi connectivity index (χ4v) is 2.65. The summed E-state index contributed by atoms with van der Waals surface area (Å²) in [5.74, 6) is -1.18. The Hall–Kier alpha value is -2.57. The first-order chi connectivity index (χ1) is 13.3. The summed E-state index contributed by atoms with van der Waals surface area (Å²) in [6.07, 6.45) is 0. The fourth-order valence-electron chi connectivity index (χ4n) is 2.35. The van der Waals surface area contributed by atoms with Gasteiger partial charge >= 0.3 is 5.97 Å². The van der Waals surface area contributed by atoms with E-state index in [-0.39, 0.29) is 11.9 Å². The van der Waals surface area contributed by atoms with Gasteiger partial charge in [-0.25, -0.2) is 4.79 Å². The van der Waals surface area contributed by atoms with Gasteiger partial charge in [0.1, 0.15) is 0 Å². The number of hydrogen-bond acceptors (Lipinski definition) is 4. The maximum absolute atomic E-state index is 12.1. The standard InChI is InChI=1S/C20H20Cl2N2O4/c1-12(16-7-8-17(21)18(22)9-16)24-19(26)11-28-20(27)15-5-3-14(4-6-15)10-23-13(2)25/h3-9,12H,10-11H2,1-2H3,(H,23,25)(H,24,26). The lowest BCUT2D eigenvalue weighted by Crippen LogP contribution is -2.31. The van der Waals surface area contributed by atoms with Crippen molar-refractivity contribution < 1.29 is 19.1 Å². The number of benzene rings is 2. The van der Waals surface area contributed by atoms with E-state index in [0.29, 0.717) is 22.2 Å². The minimum Gasteiger partial charge on any atom is -0.452 e. The molecule has 0 spiro atoms. The van der Waals surface area contributed by atoms with Crippen LogP contribution in [0.5, 0.6) is 0 Å². The van der Waals surface area contributed by atoms with Crippen LogP contribution in [0.15, 0.2) is 42.5 Å². The van der Waals surface area contributed by atoms with Crippen LogP contribution in [0.1, 0.15) is 41.4 Å². The monoisotopic (exact) mass is 422 g/mol. The smallest absolute Gasteiger partial charge is 0.338 e. The molecule has 1 unspecified atom stereocenters. The molecular weight excluding hydrogens is 403 g/mol. The molecule has 0 saturated carbocycles. The van der Waals surface area contributed by atoms with Gasteiger partial charge in [-0.05, 0) is 42.3 Å². The molecule has 0 aliphatic rings. The van der Waals surface area contributed by atoms with Gasteiger partial charge in [-0.2, -0.15) is 0 Å². The van der Waals surface area contributed by atoms with E-state index in [1.807, 2.05) is 0 Å². The van der Waals surface area contributed by atoms with Gasteiger partial charge in [0.25, 0.3) is 5.91 Å². The molecule has 2 aromatic carbocycles. The van der Waals surface area contributed by atoms with E-state index in [4.69, 9.17) is 27.9 Å². The van der Waals surface area contributed by atoms with E-state index in [1.54, 1.807) is 49.4 Å². The van der Waals surface area contributed by atoms with Crippen molar-refractivity contribution in [3.05, 3.63) is 69.2 Å². The Kier molecular flexibility index (Phi) is 7.84. The van der Waals surface area contributed by atoms with Crippen LogP contribution in [0.2, 0.25) is 10.0 Å². The van der Waals surface area contributed by atoms with Crippen molar-refractivity contribution in [3.8, 4) is 0 Å². The van der Waals surface area contributed by atoms with Gasteiger partial charge in [0.15, 0.2) is 6.61 Å².